The van der Waals surface area contributed by atoms with E-state index in [1.54, 1.807) is 0 Å². The zero-order valence-electron chi connectivity index (χ0n) is 27.4. The molecule has 0 saturated carbocycles. The molecular weight excluding hydrogens is 601 g/mol. The van der Waals surface area contributed by atoms with Gasteiger partial charge >= 0.3 is 0 Å². The number of allylic oxidation sites excluding steroid dienone is 2. The number of pyridine rings is 2. The van der Waals surface area contributed by atoms with Crippen LogP contribution in [0.4, 0.5) is 0 Å². The van der Waals surface area contributed by atoms with Crippen LogP contribution < -0.4 is 0 Å². The van der Waals surface area contributed by atoms with E-state index in [0.717, 1.165) is 72.6 Å². The molecule has 4 aromatic carbocycles. The third-order valence-electron chi connectivity index (χ3n) is 8.59. The van der Waals surface area contributed by atoms with Crippen LogP contribution in [0.15, 0.2) is 168 Å². The Hall–Kier alpha value is -6.46. The number of furan rings is 1. The second-order valence-corrected chi connectivity index (χ2v) is 11.9. The Morgan fingerprint density at radius 3 is 1.78 bits per heavy atom. The van der Waals surface area contributed by atoms with Crippen LogP contribution in [-0.2, 0) is 0 Å². The summed E-state index contributed by atoms with van der Waals surface area (Å²) in [7, 11) is 0. The molecule has 0 radical (unpaired) electrons. The van der Waals surface area contributed by atoms with Gasteiger partial charge in [0.2, 0.25) is 0 Å². The SMILES string of the molecule is C=C(/C=C(\N=C(C)c1ccc(C(=N)c2oc3ccccc3c2C)cc1)c1ccc(-c2ccccc2)cn1)c1ccc(-c2ccccc2)cn1. The molecule has 236 valence electrons. The monoisotopic (exact) mass is 634 g/mol. The van der Waals surface area contributed by atoms with Gasteiger partial charge in [-0.1, -0.05) is 122 Å². The molecule has 3 heterocycles. The van der Waals surface area contributed by atoms with Gasteiger partial charge in [-0.25, -0.2) is 0 Å². The molecule has 1 N–H and O–H groups in total. The number of aliphatic imine (C=N–C) groups is 1. The van der Waals surface area contributed by atoms with Crippen molar-refractivity contribution in [2.75, 3.05) is 0 Å². The molecule has 5 heteroatoms. The molecule has 0 bridgehead atoms. The lowest BCUT2D eigenvalue weighted by molar-refractivity contribution is 0.601. The van der Waals surface area contributed by atoms with Crippen molar-refractivity contribution in [1.82, 2.24) is 9.97 Å². The molecule has 7 aromatic rings. The van der Waals surface area contributed by atoms with Crippen LogP contribution in [0, 0.1) is 12.3 Å². The number of hydrogen-bond acceptors (Lipinski definition) is 5. The largest absolute Gasteiger partial charge is 0.454 e. The Balaban J connectivity index is 1.19. The lowest BCUT2D eigenvalue weighted by atomic mass is 10.0. The van der Waals surface area contributed by atoms with Gasteiger partial charge in [0.15, 0.2) is 5.76 Å². The molecule has 7 rings (SSSR count). The van der Waals surface area contributed by atoms with Crippen LogP contribution >= 0.6 is 0 Å². The maximum atomic E-state index is 8.89. The van der Waals surface area contributed by atoms with E-state index in [9.17, 15) is 0 Å². The molecule has 3 aromatic heterocycles. The highest BCUT2D eigenvalue weighted by molar-refractivity contribution is 6.12. The number of benzene rings is 4. The minimum absolute atomic E-state index is 0.347. The molecule has 49 heavy (non-hydrogen) atoms. The topological polar surface area (TPSA) is 75.1 Å². The Kier molecular flexibility index (Phi) is 8.72. The number of nitrogens with zero attached hydrogens (tertiary/aromatic N) is 3. The predicted octanol–water partition coefficient (Wildman–Crippen LogP) is 10.8. The first-order chi connectivity index (χ1) is 23.9. The van der Waals surface area contributed by atoms with E-state index in [4.69, 9.17) is 24.8 Å². The zero-order chi connectivity index (χ0) is 33.7. The summed E-state index contributed by atoms with van der Waals surface area (Å²) in [6, 6.07) is 44.2. The lowest BCUT2D eigenvalue weighted by Crippen LogP contribution is -2.03. The second kappa shape index (κ2) is 13.7. The Bertz CT molecular complexity index is 2330. The highest BCUT2D eigenvalue weighted by Crippen LogP contribution is 2.28. The van der Waals surface area contributed by atoms with Gasteiger partial charge in [0.25, 0.3) is 0 Å². The van der Waals surface area contributed by atoms with Gasteiger partial charge in [-0.05, 0) is 60.4 Å². The smallest absolute Gasteiger partial charge is 0.156 e. The highest BCUT2D eigenvalue weighted by atomic mass is 16.3. The van der Waals surface area contributed by atoms with Crippen molar-refractivity contribution in [2.45, 2.75) is 13.8 Å². The first-order valence-corrected chi connectivity index (χ1v) is 16.1. The second-order valence-electron chi connectivity index (χ2n) is 11.9. The molecule has 0 saturated heterocycles. The van der Waals surface area contributed by atoms with Gasteiger partial charge in [-0.2, -0.15) is 0 Å². The normalized spacial score (nSPS) is 11.9. The number of rotatable bonds is 9. The molecule has 0 atom stereocenters. The van der Waals surface area contributed by atoms with Gasteiger partial charge in [0.1, 0.15) is 11.3 Å². The van der Waals surface area contributed by atoms with E-state index in [1.165, 1.54) is 0 Å². The molecule has 0 aliphatic rings. The van der Waals surface area contributed by atoms with Gasteiger partial charge in [0, 0.05) is 45.7 Å². The number of fused-ring (bicyclic) bond motifs is 1. The van der Waals surface area contributed by atoms with Crippen molar-refractivity contribution in [2.24, 2.45) is 4.99 Å². The average molecular weight is 635 g/mol. The van der Waals surface area contributed by atoms with Crippen LogP contribution in [-0.4, -0.2) is 21.4 Å². The summed E-state index contributed by atoms with van der Waals surface area (Å²) in [5.41, 5.74) is 11.8. The van der Waals surface area contributed by atoms with Crippen LogP contribution in [0.25, 0.3) is 44.5 Å². The van der Waals surface area contributed by atoms with Crippen LogP contribution in [0.3, 0.4) is 0 Å². The summed E-state index contributed by atoms with van der Waals surface area (Å²) in [4.78, 5) is 14.6. The average Bonchev–Trinajstić information content (AvgIpc) is 3.51. The summed E-state index contributed by atoms with van der Waals surface area (Å²) < 4.78 is 6.06. The highest BCUT2D eigenvalue weighted by Gasteiger charge is 2.16. The fourth-order valence-corrected chi connectivity index (χ4v) is 5.80. The summed E-state index contributed by atoms with van der Waals surface area (Å²) in [5, 5.41) is 9.91. The van der Waals surface area contributed by atoms with Gasteiger partial charge in [-0.3, -0.25) is 20.4 Å². The fourth-order valence-electron chi connectivity index (χ4n) is 5.80. The van der Waals surface area contributed by atoms with E-state index in [0.29, 0.717) is 17.2 Å². The molecule has 0 spiro atoms. The summed E-state index contributed by atoms with van der Waals surface area (Å²) >= 11 is 0. The number of hydrogen-bond donors (Lipinski definition) is 1. The number of nitrogens with one attached hydrogen (secondary N) is 1. The van der Waals surface area contributed by atoms with Crippen molar-refractivity contribution >= 4 is 33.7 Å². The van der Waals surface area contributed by atoms with Gasteiger partial charge < -0.3 is 4.42 Å². The fraction of sp³-hybridized carbons (Fsp3) is 0.0455. The number of aromatic nitrogens is 2. The van der Waals surface area contributed by atoms with E-state index in [1.807, 2.05) is 129 Å². The molecule has 0 unspecified atom stereocenters. The van der Waals surface area contributed by atoms with Crippen molar-refractivity contribution in [3.05, 3.63) is 192 Å². The van der Waals surface area contributed by atoms with Crippen LogP contribution in [0.2, 0.25) is 0 Å². The van der Waals surface area contributed by atoms with E-state index < -0.39 is 0 Å². The third-order valence-corrected chi connectivity index (χ3v) is 8.59. The molecule has 5 nitrogen and oxygen atoms in total. The predicted molar refractivity (Wildman–Crippen MR) is 202 cm³/mol. The van der Waals surface area contributed by atoms with E-state index >= 15 is 0 Å². The molecule has 0 aliphatic heterocycles. The van der Waals surface area contributed by atoms with E-state index in [2.05, 4.69) is 43.0 Å². The third kappa shape index (κ3) is 6.69. The molecule has 0 aliphatic carbocycles. The van der Waals surface area contributed by atoms with Gasteiger partial charge in [-0.15, -0.1) is 0 Å². The maximum absolute atomic E-state index is 8.89. The lowest BCUT2D eigenvalue weighted by Gasteiger charge is -2.09. The molecular formula is C44H34N4O. The Morgan fingerprint density at radius 2 is 1.20 bits per heavy atom. The minimum Gasteiger partial charge on any atom is -0.454 e. The van der Waals surface area contributed by atoms with Crippen molar-refractivity contribution in [3.63, 3.8) is 0 Å². The Morgan fingerprint density at radius 1 is 0.653 bits per heavy atom. The van der Waals surface area contributed by atoms with Crippen LogP contribution in [0.5, 0.6) is 0 Å². The van der Waals surface area contributed by atoms with Gasteiger partial charge in [0.05, 0.1) is 17.1 Å². The summed E-state index contributed by atoms with van der Waals surface area (Å²) in [5.74, 6) is 0.582. The number of aryl methyl sites for hydroxylation is 1. The zero-order valence-corrected chi connectivity index (χ0v) is 27.4. The number of para-hydroxylation sites is 1. The van der Waals surface area contributed by atoms with E-state index in [-0.39, 0.29) is 0 Å². The molecule has 0 fully saturated rings. The standard InChI is InChI=1S/C44H34N4O/c1-29(39-24-22-36(27-46-39)33-12-6-4-7-13-33)26-41(40-25-23-37(28-47-40)34-14-8-5-9-15-34)48-31(3)32-18-20-35(21-19-32)43(45)44-30(2)38-16-10-11-17-42(38)49-44/h4-28,45H,1H2,2-3H3/b41-26-,45-43?,48-31?. The molecule has 0 amide bonds. The first-order valence-electron chi connectivity index (χ1n) is 16.1. The quantitative estimate of drug-likeness (QED) is 0.127. The van der Waals surface area contributed by atoms with Crippen molar-refractivity contribution in [3.8, 4) is 22.3 Å². The minimum atomic E-state index is 0.347. The maximum Gasteiger partial charge on any atom is 0.156 e. The van der Waals surface area contributed by atoms with Crippen molar-refractivity contribution < 1.29 is 4.42 Å². The summed E-state index contributed by atoms with van der Waals surface area (Å²) in [6.07, 6.45) is 5.68. The Labute approximate surface area is 286 Å². The van der Waals surface area contributed by atoms with Crippen molar-refractivity contribution in [1.29, 1.82) is 5.41 Å². The first kappa shape index (κ1) is 31.2. The van der Waals surface area contributed by atoms with Crippen LogP contribution in [0.1, 0.15) is 40.8 Å². The summed E-state index contributed by atoms with van der Waals surface area (Å²) in [6.45, 7) is 8.33.